The summed E-state index contributed by atoms with van der Waals surface area (Å²) in [5.74, 6) is 1.96. The van der Waals surface area contributed by atoms with Gasteiger partial charge in [0, 0.05) is 29.2 Å². The van der Waals surface area contributed by atoms with Gasteiger partial charge in [-0.05, 0) is 68.7 Å². The topological polar surface area (TPSA) is 118 Å². The van der Waals surface area contributed by atoms with Gasteiger partial charge in [0.15, 0.2) is 0 Å². The molecule has 6 rings (SSSR count). The van der Waals surface area contributed by atoms with Crippen LogP contribution in [-0.2, 0) is 11.3 Å². The lowest BCUT2D eigenvalue weighted by Crippen LogP contribution is -2.41. The molecule has 1 aliphatic heterocycles. The van der Waals surface area contributed by atoms with Crippen LogP contribution in [0.25, 0.3) is 22.2 Å². The molecule has 2 fully saturated rings. The third-order valence-corrected chi connectivity index (χ3v) is 7.24. The molecule has 1 unspecified atom stereocenters. The van der Waals surface area contributed by atoms with E-state index in [4.69, 9.17) is 15.2 Å². The number of nitrogens with one attached hydrogen (secondary N) is 3. The van der Waals surface area contributed by atoms with Crippen LogP contribution < -0.4 is 26.7 Å². The summed E-state index contributed by atoms with van der Waals surface area (Å²) < 4.78 is 13.8. The number of ether oxygens (including phenoxy) is 2. The largest absolute Gasteiger partial charge is 0.492 e. The number of carbonyl (C=O) groups is 1. The number of anilines is 2. The first-order valence-corrected chi connectivity index (χ1v) is 13.0. The van der Waals surface area contributed by atoms with Crippen molar-refractivity contribution in [1.29, 1.82) is 0 Å². The van der Waals surface area contributed by atoms with E-state index in [1.807, 2.05) is 43.3 Å². The SMILES string of the molecule is CC(OC(=O)Nc1ccc(-c2c(N)c3ccc(OCCN4NC=NN4)cc3n2CC2CC2)cc1)C1CC1. The van der Waals surface area contributed by atoms with Gasteiger partial charge in [-0.3, -0.25) is 10.7 Å². The Morgan fingerprint density at radius 3 is 2.70 bits per heavy atom. The van der Waals surface area contributed by atoms with Crippen molar-refractivity contribution >= 4 is 34.7 Å². The summed E-state index contributed by atoms with van der Waals surface area (Å²) in [6.07, 6.45) is 5.87. The summed E-state index contributed by atoms with van der Waals surface area (Å²) >= 11 is 0. The summed E-state index contributed by atoms with van der Waals surface area (Å²) in [6.45, 7) is 3.99. The number of carbonyl (C=O) groups excluding carboxylic acids is 1. The van der Waals surface area contributed by atoms with Crippen LogP contribution in [0.4, 0.5) is 16.2 Å². The number of fused-ring (bicyclic) bond motifs is 1. The first-order chi connectivity index (χ1) is 18.0. The van der Waals surface area contributed by atoms with Gasteiger partial charge in [0.2, 0.25) is 0 Å². The zero-order valence-corrected chi connectivity index (χ0v) is 20.9. The Morgan fingerprint density at radius 2 is 2.00 bits per heavy atom. The second kappa shape index (κ2) is 9.85. The van der Waals surface area contributed by atoms with Crippen LogP contribution >= 0.6 is 0 Å². The van der Waals surface area contributed by atoms with Crippen LogP contribution in [0, 0.1) is 11.8 Å². The number of rotatable bonds is 10. The van der Waals surface area contributed by atoms with Crippen molar-refractivity contribution < 1.29 is 14.3 Å². The minimum absolute atomic E-state index is 0.0476. The molecule has 37 heavy (non-hydrogen) atoms. The van der Waals surface area contributed by atoms with Gasteiger partial charge in [0.05, 0.1) is 23.4 Å². The van der Waals surface area contributed by atoms with Gasteiger partial charge in [-0.15, -0.1) is 5.12 Å². The standard InChI is InChI=1S/C27H33N7O3/c1-17(19-4-5-19)37-27(35)31-21-8-6-20(7-9-21)26-25(28)23-11-10-22(36-13-12-34-30-16-29-32-34)14-24(23)33(26)15-18-2-3-18/h6-11,14,16-19,32H,2-5,12-13,15,28H2,1H3,(H,29,30)(H,31,35). The third kappa shape index (κ3) is 5.29. The molecule has 2 saturated carbocycles. The van der Waals surface area contributed by atoms with E-state index in [-0.39, 0.29) is 6.10 Å². The number of hydrazone groups is 1. The van der Waals surface area contributed by atoms with Gasteiger partial charge in [0.1, 0.15) is 24.8 Å². The molecule has 0 radical (unpaired) electrons. The number of hydrogen-bond donors (Lipinski definition) is 4. The van der Waals surface area contributed by atoms with E-state index < -0.39 is 6.09 Å². The molecule has 0 spiro atoms. The number of benzene rings is 2. The summed E-state index contributed by atoms with van der Waals surface area (Å²) in [7, 11) is 0. The average Bonchev–Trinajstić information content (AvgIpc) is 3.82. The second-order valence-electron chi connectivity index (χ2n) is 10.1. The van der Waals surface area contributed by atoms with Gasteiger partial charge < -0.3 is 19.8 Å². The van der Waals surface area contributed by atoms with Crippen molar-refractivity contribution in [2.75, 3.05) is 24.2 Å². The summed E-state index contributed by atoms with van der Waals surface area (Å²) in [6, 6.07) is 13.9. The molecule has 2 heterocycles. The Hall–Kier alpha value is -3.92. The lowest BCUT2D eigenvalue weighted by Gasteiger charge is -2.15. The van der Waals surface area contributed by atoms with E-state index in [9.17, 15) is 4.79 Å². The number of hydrogen-bond acceptors (Lipinski definition) is 8. The lowest BCUT2D eigenvalue weighted by atomic mass is 10.1. The van der Waals surface area contributed by atoms with Crippen LogP contribution in [0.1, 0.15) is 32.6 Å². The Balaban J connectivity index is 1.21. The number of amides is 1. The highest BCUT2D eigenvalue weighted by Gasteiger charge is 2.30. The quantitative estimate of drug-likeness (QED) is 0.326. The molecule has 0 saturated heterocycles. The monoisotopic (exact) mass is 503 g/mol. The molecular weight excluding hydrogens is 470 g/mol. The molecule has 194 valence electrons. The van der Waals surface area contributed by atoms with Gasteiger partial charge in [-0.25, -0.2) is 10.3 Å². The zero-order chi connectivity index (χ0) is 25.4. The Morgan fingerprint density at radius 1 is 1.19 bits per heavy atom. The van der Waals surface area contributed by atoms with Crippen LogP contribution in [0.2, 0.25) is 0 Å². The Kier molecular flexibility index (Phi) is 6.25. The summed E-state index contributed by atoms with van der Waals surface area (Å²) in [4.78, 5) is 12.3. The number of nitrogens with two attached hydrogens (primary N) is 1. The highest BCUT2D eigenvalue weighted by Crippen LogP contribution is 2.41. The number of nitrogens with zero attached hydrogens (tertiary/aromatic N) is 3. The molecular formula is C27H33N7O3. The molecule has 2 aromatic carbocycles. The van der Waals surface area contributed by atoms with Crippen molar-refractivity contribution in [2.24, 2.45) is 16.9 Å². The number of nitrogen functional groups attached to an aromatic ring is 1. The molecule has 3 aliphatic rings. The zero-order valence-electron chi connectivity index (χ0n) is 20.9. The van der Waals surface area contributed by atoms with Crippen molar-refractivity contribution in [1.82, 2.24) is 20.6 Å². The lowest BCUT2D eigenvalue weighted by molar-refractivity contribution is 0.108. The highest BCUT2D eigenvalue weighted by atomic mass is 16.6. The highest BCUT2D eigenvalue weighted by molar-refractivity contribution is 6.01. The molecule has 1 atom stereocenters. The fourth-order valence-electron chi connectivity index (χ4n) is 4.79. The first kappa shape index (κ1) is 23.5. The van der Waals surface area contributed by atoms with E-state index in [0.717, 1.165) is 53.0 Å². The van der Waals surface area contributed by atoms with E-state index in [2.05, 4.69) is 32.0 Å². The third-order valence-electron chi connectivity index (χ3n) is 7.24. The Labute approximate surface area is 215 Å². The van der Waals surface area contributed by atoms with Gasteiger partial charge in [-0.2, -0.15) is 5.10 Å². The van der Waals surface area contributed by atoms with Crippen molar-refractivity contribution in [3.05, 3.63) is 42.5 Å². The minimum atomic E-state index is -0.411. The molecule has 5 N–H and O–H groups in total. The van der Waals surface area contributed by atoms with E-state index in [1.165, 1.54) is 12.8 Å². The van der Waals surface area contributed by atoms with E-state index >= 15 is 0 Å². The van der Waals surface area contributed by atoms with Crippen molar-refractivity contribution in [3.8, 4) is 17.0 Å². The maximum atomic E-state index is 12.3. The van der Waals surface area contributed by atoms with Crippen LogP contribution in [-0.4, -0.2) is 41.4 Å². The van der Waals surface area contributed by atoms with E-state index in [0.29, 0.717) is 30.7 Å². The predicted octanol–water partition coefficient (Wildman–Crippen LogP) is 4.29. The smallest absolute Gasteiger partial charge is 0.411 e. The molecule has 1 aromatic heterocycles. The van der Waals surface area contributed by atoms with E-state index in [1.54, 1.807) is 11.5 Å². The summed E-state index contributed by atoms with van der Waals surface area (Å²) in [5, 5.41) is 9.50. The fraction of sp³-hybridized carbons (Fsp3) is 0.407. The maximum absolute atomic E-state index is 12.3. The number of aromatic nitrogens is 1. The summed E-state index contributed by atoms with van der Waals surface area (Å²) in [5.41, 5.74) is 17.0. The Bertz CT molecular complexity index is 1300. The normalized spacial score (nSPS) is 17.9. The maximum Gasteiger partial charge on any atom is 0.411 e. The molecule has 3 aromatic rings. The molecule has 10 nitrogen and oxygen atoms in total. The molecule has 1 amide bonds. The number of hydrazine groups is 2. The average molecular weight is 504 g/mol. The second-order valence-corrected chi connectivity index (χ2v) is 10.1. The van der Waals surface area contributed by atoms with Crippen LogP contribution in [0.3, 0.4) is 0 Å². The van der Waals surface area contributed by atoms with Gasteiger partial charge >= 0.3 is 6.09 Å². The van der Waals surface area contributed by atoms with Crippen LogP contribution in [0.5, 0.6) is 5.75 Å². The van der Waals surface area contributed by atoms with Crippen molar-refractivity contribution in [2.45, 2.75) is 45.3 Å². The van der Waals surface area contributed by atoms with Gasteiger partial charge in [-0.1, -0.05) is 12.1 Å². The first-order valence-electron chi connectivity index (χ1n) is 13.0. The molecule has 2 aliphatic carbocycles. The van der Waals surface area contributed by atoms with Gasteiger partial charge in [0.25, 0.3) is 0 Å². The fourth-order valence-corrected chi connectivity index (χ4v) is 4.79. The predicted molar refractivity (Wildman–Crippen MR) is 144 cm³/mol. The van der Waals surface area contributed by atoms with Crippen LogP contribution in [0.15, 0.2) is 47.6 Å². The molecule has 0 bridgehead atoms. The minimum Gasteiger partial charge on any atom is -0.492 e. The van der Waals surface area contributed by atoms with Crippen molar-refractivity contribution in [3.63, 3.8) is 0 Å². The molecule has 10 heteroatoms.